The van der Waals surface area contributed by atoms with Gasteiger partial charge in [0, 0.05) is 11.9 Å². The predicted molar refractivity (Wildman–Crippen MR) is 70.9 cm³/mol. The lowest BCUT2D eigenvalue weighted by Gasteiger charge is -2.03. The highest BCUT2D eigenvalue weighted by Gasteiger charge is 2.09. The molecule has 0 bridgehead atoms. The number of nitrogens with one attached hydrogen (secondary N) is 1. The van der Waals surface area contributed by atoms with Crippen LogP contribution in [0.1, 0.15) is 22.4 Å². The summed E-state index contributed by atoms with van der Waals surface area (Å²) in [7, 11) is 0. The summed E-state index contributed by atoms with van der Waals surface area (Å²) in [6, 6.07) is 5.76. The Bertz CT molecular complexity index is 554. The molecule has 0 aliphatic heterocycles. The average Bonchev–Trinajstić information content (AvgIpc) is 2.87. The van der Waals surface area contributed by atoms with Crippen molar-refractivity contribution in [1.82, 2.24) is 10.3 Å². The minimum absolute atomic E-state index is 0.188. The Morgan fingerprint density at radius 1 is 1.42 bits per heavy atom. The first-order valence-electron chi connectivity index (χ1n) is 5.80. The van der Waals surface area contributed by atoms with Gasteiger partial charge >= 0.3 is 0 Å². The van der Waals surface area contributed by atoms with Gasteiger partial charge in [-0.1, -0.05) is 0 Å². The number of halogens is 1. The fraction of sp³-hybridized carbons (Fsp3) is 0.231. The molecular formula is C13H13FN2O2S. The third-order valence-corrected chi connectivity index (χ3v) is 3.12. The van der Waals surface area contributed by atoms with Gasteiger partial charge in [-0.15, -0.1) is 11.3 Å². The Balaban J connectivity index is 1.93. The topological polar surface area (TPSA) is 51.2 Å². The van der Waals surface area contributed by atoms with Gasteiger partial charge < -0.3 is 10.1 Å². The van der Waals surface area contributed by atoms with Crippen LogP contribution in [-0.4, -0.2) is 17.4 Å². The first-order valence-corrected chi connectivity index (χ1v) is 6.68. The molecule has 0 fully saturated rings. The van der Waals surface area contributed by atoms with Crippen LogP contribution in [0.15, 0.2) is 29.6 Å². The molecule has 0 atom stereocenters. The van der Waals surface area contributed by atoms with Gasteiger partial charge in [-0.2, -0.15) is 0 Å². The molecule has 19 heavy (non-hydrogen) atoms. The molecule has 1 amide bonds. The quantitative estimate of drug-likeness (QED) is 0.916. The molecule has 0 aliphatic carbocycles. The Kier molecular flexibility index (Phi) is 4.46. The molecule has 0 unspecified atom stereocenters. The SMILES string of the molecule is CCNC(=O)c1csc(COc2ccc(F)cc2)n1. The molecular weight excluding hydrogens is 267 g/mol. The highest BCUT2D eigenvalue weighted by Crippen LogP contribution is 2.15. The highest BCUT2D eigenvalue weighted by molar-refractivity contribution is 7.09. The van der Waals surface area contributed by atoms with Crippen molar-refractivity contribution in [3.63, 3.8) is 0 Å². The molecule has 2 aromatic rings. The van der Waals surface area contributed by atoms with E-state index >= 15 is 0 Å². The summed E-state index contributed by atoms with van der Waals surface area (Å²) < 4.78 is 18.2. The van der Waals surface area contributed by atoms with E-state index < -0.39 is 0 Å². The Morgan fingerprint density at radius 2 is 2.16 bits per heavy atom. The van der Waals surface area contributed by atoms with Crippen LogP contribution in [0.3, 0.4) is 0 Å². The van der Waals surface area contributed by atoms with Gasteiger partial charge in [0.15, 0.2) is 0 Å². The smallest absolute Gasteiger partial charge is 0.270 e. The molecule has 0 saturated carbocycles. The monoisotopic (exact) mass is 280 g/mol. The first kappa shape index (κ1) is 13.5. The number of rotatable bonds is 5. The minimum Gasteiger partial charge on any atom is -0.486 e. The van der Waals surface area contributed by atoms with E-state index in [0.717, 1.165) is 0 Å². The Labute approximate surface area is 114 Å². The third kappa shape index (κ3) is 3.75. The highest BCUT2D eigenvalue weighted by atomic mass is 32.1. The predicted octanol–water partition coefficient (Wildman–Crippen LogP) is 2.61. The number of thiazole rings is 1. The van der Waals surface area contributed by atoms with E-state index in [0.29, 0.717) is 23.0 Å². The molecule has 1 heterocycles. The number of hydrogen-bond acceptors (Lipinski definition) is 4. The van der Waals surface area contributed by atoms with Gasteiger partial charge in [0.2, 0.25) is 0 Å². The lowest BCUT2D eigenvalue weighted by molar-refractivity contribution is 0.0951. The van der Waals surface area contributed by atoms with E-state index in [-0.39, 0.29) is 18.3 Å². The molecule has 0 aliphatic rings. The summed E-state index contributed by atoms with van der Waals surface area (Å²) >= 11 is 1.36. The van der Waals surface area contributed by atoms with Crippen LogP contribution < -0.4 is 10.1 Å². The Morgan fingerprint density at radius 3 is 2.84 bits per heavy atom. The van der Waals surface area contributed by atoms with Gasteiger partial charge in [0.1, 0.15) is 28.9 Å². The molecule has 1 aromatic heterocycles. The molecule has 0 radical (unpaired) electrons. The van der Waals surface area contributed by atoms with E-state index in [9.17, 15) is 9.18 Å². The van der Waals surface area contributed by atoms with Crippen LogP contribution in [0.2, 0.25) is 0 Å². The maximum absolute atomic E-state index is 12.7. The molecule has 2 rings (SSSR count). The third-order valence-electron chi connectivity index (χ3n) is 2.30. The molecule has 4 nitrogen and oxygen atoms in total. The number of carbonyl (C=O) groups is 1. The number of benzene rings is 1. The maximum atomic E-state index is 12.7. The van der Waals surface area contributed by atoms with Crippen molar-refractivity contribution in [2.24, 2.45) is 0 Å². The molecule has 1 N–H and O–H groups in total. The zero-order chi connectivity index (χ0) is 13.7. The van der Waals surface area contributed by atoms with Crippen LogP contribution in [0, 0.1) is 5.82 Å². The molecule has 0 spiro atoms. The molecule has 6 heteroatoms. The van der Waals surface area contributed by atoms with Crippen molar-refractivity contribution >= 4 is 17.2 Å². The van der Waals surface area contributed by atoms with Crippen molar-refractivity contribution in [2.45, 2.75) is 13.5 Å². The summed E-state index contributed by atoms with van der Waals surface area (Å²) in [6.45, 7) is 2.68. The van der Waals surface area contributed by atoms with Crippen LogP contribution >= 0.6 is 11.3 Å². The second-order valence-electron chi connectivity index (χ2n) is 3.73. The number of carbonyl (C=O) groups excluding carboxylic acids is 1. The first-order chi connectivity index (χ1) is 9.19. The van der Waals surface area contributed by atoms with Gasteiger partial charge in [0.25, 0.3) is 5.91 Å². The number of aromatic nitrogens is 1. The molecule has 1 aromatic carbocycles. The van der Waals surface area contributed by atoms with Crippen molar-refractivity contribution in [2.75, 3.05) is 6.54 Å². The van der Waals surface area contributed by atoms with Crippen molar-refractivity contribution in [1.29, 1.82) is 0 Å². The molecule has 100 valence electrons. The number of ether oxygens (including phenoxy) is 1. The summed E-state index contributed by atoms with van der Waals surface area (Å²) in [5.74, 6) is 0.0723. The minimum atomic E-state index is -0.305. The summed E-state index contributed by atoms with van der Waals surface area (Å²) in [5, 5.41) is 5.07. The van der Waals surface area contributed by atoms with Crippen LogP contribution in [0.25, 0.3) is 0 Å². The maximum Gasteiger partial charge on any atom is 0.270 e. The second kappa shape index (κ2) is 6.29. The lowest BCUT2D eigenvalue weighted by atomic mass is 10.3. The van der Waals surface area contributed by atoms with Crippen LogP contribution in [0.5, 0.6) is 5.75 Å². The fourth-order valence-corrected chi connectivity index (χ4v) is 2.09. The van der Waals surface area contributed by atoms with Gasteiger partial charge in [-0.3, -0.25) is 4.79 Å². The zero-order valence-electron chi connectivity index (χ0n) is 10.4. The van der Waals surface area contributed by atoms with Crippen LogP contribution in [0.4, 0.5) is 4.39 Å². The summed E-state index contributed by atoms with van der Waals surface area (Å²) in [5.41, 5.74) is 0.393. The second-order valence-corrected chi connectivity index (χ2v) is 4.67. The van der Waals surface area contributed by atoms with Crippen molar-refractivity contribution in [3.05, 3.63) is 46.2 Å². The van der Waals surface area contributed by atoms with E-state index in [1.54, 1.807) is 17.5 Å². The Hall–Kier alpha value is -1.95. The normalized spacial score (nSPS) is 10.2. The van der Waals surface area contributed by atoms with Crippen molar-refractivity contribution in [3.8, 4) is 5.75 Å². The van der Waals surface area contributed by atoms with E-state index in [1.165, 1.54) is 23.5 Å². The zero-order valence-corrected chi connectivity index (χ0v) is 11.2. The van der Waals surface area contributed by atoms with E-state index in [1.807, 2.05) is 6.92 Å². The number of hydrogen-bond donors (Lipinski definition) is 1. The summed E-state index contributed by atoms with van der Waals surface area (Å²) in [6.07, 6.45) is 0. The van der Waals surface area contributed by atoms with Crippen LogP contribution in [-0.2, 0) is 6.61 Å². The lowest BCUT2D eigenvalue weighted by Crippen LogP contribution is -2.22. The van der Waals surface area contributed by atoms with Crippen molar-refractivity contribution < 1.29 is 13.9 Å². The number of amides is 1. The largest absolute Gasteiger partial charge is 0.486 e. The fourth-order valence-electron chi connectivity index (χ4n) is 1.41. The molecule has 0 saturated heterocycles. The van der Waals surface area contributed by atoms with E-state index in [2.05, 4.69) is 10.3 Å². The number of nitrogens with zero attached hydrogens (tertiary/aromatic N) is 1. The average molecular weight is 280 g/mol. The van der Waals surface area contributed by atoms with E-state index in [4.69, 9.17) is 4.74 Å². The standard InChI is InChI=1S/C13H13FN2O2S/c1-2-15-13(17)11-8-19-12(16-11)7-18-10-5-3-9(14)4-6-10/h3-6,8H,2,7H2,1H3,(H,15,17). The van der Waals surface area contributed by atoms with Gasteiger partial charge in [0.05, 0.1) is 0 Å². The van der Waals surface area contributed by atoms with Gasteiger partial charge in [-0.25, -0.2) is 9.37 Å². The summed E-state index contributed by atoms with van der Waals surface area (Å²) in [4.78, 5) is 15.7. The van der Waals surface area contributed by atoms with Gasteiger partial charge in [-0.05, 0) is 31.2 Å².